The van der Waals surface area contributed by atoms with Gasteiger partial charge >= 0.3 is 39.5 Å². The average molecular weight is 947 g/mol. The number of esters is 4. The predicted octanol–water partition coefficient (Wildman–Crippen LogP) is 10.1. The van der Waals surface area contributed by atoms with Gasteiger partial charge in [0, 0.05) is 25.7 Å². The number of rotatable bonds is 45. The summed E-state index contributed by atoms with van der Waals surface area (Å²) in [6.45, 7) is 4.34. The maximum absolute atomic E-state index is 12.7. The highest BCUT2D eigenvalue weighted by atomic mass is 31.2. The molecule has 0 saturated heterocycles. The molecule has 0 radical (unpaired) electrons. The van der Waals surface area contributed by atoms with E-state index in [1.54, 1.807) is 0 Å². The number of carbonyl (C=O) groups is 4. The first-order valence-electron chi connectivity index (χ1n) is 23.8. The van der Waals surface area contributed by atoms with Gasteiger partial charge in [0.25, 0.3) is 0 Å². The first-order chi connectivity index (χ1) is 30.2. The van der Waals surface area contributed by atoms with Gasteiger partial charge in [-0.2, -0.15) is 0 Å². The van der Waals surface area contributed by atoms with E-state index in [4.69, 9.17) is 37.0 Å². The number of unbranched alkanes of at least 4 members (excludes halogenated alkanes) is 19. The van der Waals surface area contributed by atoms with E-state index >= 15 is 0 Å². The smallest absolute Gasteiger partial charge is 0.462 e. The highest BCUT2D eigenvalue weighted by molar-refractivity contribution is 7.47. The summed E-state index contributed by atoms with van der Waals surface area (Å²) < 4.78 is 66.3. The molecule has 0 rings (SSSR count). The van der Waals surface area contributed by atoms with E-state index in [0.29, 0.717) is 25.7 Å². The SMILES string of the molecule is CCCCCCCCCC(=O)OC[C@H](COP(=O)(O)OC[C@H](O)COP(=O)(O)OC[C@@H](COC(=O)CCCC)OC(=O)CCCCCCCCC)OC(=O)CCCCCCCCC. The molecule has 0 fully saturated rings. The number of carbonyl (C=O) groups excluding carboxylic acids is 4. The third-order valence-electron chi connectivity index (χ3n) is 9.85. The molecule has 0 aliphatic heterocycles. The van der Waals surface area contributed by atoms with Gasteiger partial charge in [-0.15, -0.1) is 0 Å². The lowest BCUT2D eigenvalue weighted by Gasteiger charge is -2.21. The number of hydrogen-bond acceptors (Lipinski definition) is 15. The summed E-state index contributed by atoms with van der Waals surface area (Å²) in [5, 5.41) is 10.3. The van der Waals surface area contributed by atoms with Crippen LogP contribution in [0.15, 0.2) is 0 Å². The molecule has 19 heteroatoms. The summed E-state index contributed by atoms with van der Waals surface area (Å²) in [7, 11) is -9.81. The molecule has 3 N–H and O–H groups in total. The fraction of sp³-hybridized carbons (Fsp3) is 0.909. The van der Waals surface area contributed by atoms with E-state index < -0.39 is 97.5 Å². The lowest BCUT2D eigenvalue weighted by Crippen LogP contribution is -2.30. The standard InChI is InChI=1S/C44H84O17P2/c1-5-9-13-16-19-22-25-29-42(47)55-35-40(61-44(49)31-27-24-21-18-15-11-7-3)37-59-63(52,53)57-33-38(45)32-56-62(50,51)58-36-39(34-54-41(46)28-12-8-4)60-43(48)30-26-23-20-17-14-10-6-2/h38-40,45H,5-37H2,1-4H3,(H,50,51)(H,52,53)/t38-,39-,40-/m1/s1. The van der Waals surface area contributed by atoms with E-state index in [-0.39, 0.29) is 25.7 Å². The normalized spacial score (nSPS) is 14.8. The minimum absolute atomic E-state index is 0.101. The number of hydrogen-bond donors (Lipinski definition) is 3. The fourth-order valence-corrected chi connectivity index (χ4v) is 7.66. The van der Waals surface area contributed by atoms with Crippen molar-refractivity contribution in [3.8, 4) is 0 Å². The molecular formula is C44H84O17P2. The number of phosphoric acid groups is 2. The van der Waals surface area contributed by atoms with Crippen LogP contribution in [0.25, 0.3) is 0 Å². The van der Waals surface area contributed by atoms with Gasteiger partial charge in [0.15, 0.2) is 12.2 Å². The van der Waals surface area contributed by atoms with Crippen molar-refractivity contribution in [2.24, 2.45) is 0 Å². The van der Waals surface area contributed by atoms with Gasteiger partial charge in [-0.25, -0.2) is 9.13 Å². The summed E-state index contributed by atoms with van der Waals surface area (Å²) in [6, 6.07) is 0. The monoisotopic (exact) mass is 947 g/mol. The van der Waals surface area contributed by atoms with E-state index in [1.807, 2.05) is 6.92 Å². The minimum atomic E-state index is -4.91. The first-order valence-corrected chi connectivity index (χ1v) is 26.8. The molecule has 5 atom stereocenters. The largest absolute Gasteiger partial charge is 0.472 e. The average Bonchev–Trinajstić information content (AvgIpc) is 3.25. The second-order valence-corrected chi connectivity index (χ2v) is 19.0. The van der Waals surface area contributed by atoms with Crippen molar-refractivity contribution in [2.75, 3.05) is 39.6 Å². The lowest BCUT2D eigenvalue weighted by molar-refractivity contribution is -0.161. The molecule has 0 aliphatic rings. The highest BCUT2D eigenvalue weighted by Crippen LogP contribution is 2.45. The topological polar surface area (TPSA) is 237 Å². The van der Waals surface area contributed by atoms with Crippen molar-refractivity contribution in [1.82, 2.24) is 0 Å². The Morgan fingerprint density at radius 1 is 0.381 bits per heavy atom. The Kier molecular flexibility index (Phi) is 39.1. The molecule has 0 aromatic carbocycles. The second kappa shape index (κ2) is 40.3. The zero-order valence-corrected chi connectivity index (χ0v) is 40.8. The Labute approximate surface area is 377 Å². The van der Waals surface area contributed by atoms with Gasteiger partial charge in [0.2, 0.25) is 0 Å². The van der Waals surface area contributed by atoms with Gasteiger partial charge in [-0.05, 0) is 25.7 Å². The Morgan fingerprint density at radius 2 is 0.651 bits per heavy atom. The minimum Gasteiger partial charge on any atom is -0.462 e. The zero-order valence-electron chi connectivity index (χ0n) is 39.0. The molecule has 0 bridgehead atoms. The molecule has 0 spiro atoms. The van der Waals surface area contributed by atoms with Gasteiger partial charge in [-0.1, -0.05) is 150 Å². The van der Waals surface area contributed by atoms with Crippen molar-refractivity contribution >= 4 is 39.5 Å². The Hall–Kier alpha value is -1.94. The van der Waals surface area contributed by atoms with E-state index in [9.17, 15) is 43.2 Å². The van der Waals surface area contributed by atoms with Crippen LogP contribution in [-0.2, 0) is 65.4 Å². The third kappa shape index (κ3) is 40.1. The van der Waals surface area contributed by atoms with E-state index in [1.165, 1.54) is 6.42 Å². The Bertz CT molecular complexity index is 1270. The molecular weight excluding hydrogens is 862 g/mol. The molecule has 0 aromatic heterocycles. The molecule has 0 amide bonds. The molecule has 63 heavy (non-hydrogen) atoms. The van der Waals surface area contributed by atoms with Crippen LogP contribution in [0.4, 0.5) is 0 Å². The summed E-state index contributed by atoms with van der Waals surface area (Å²) in [5.41, 5.74) is 0. The van der Waals surface area contributed by atoms with Crippen LogP contribution in [0.5, 0.6) is 0 Å². The number of phosphoric ester groups is 2. The molecule has 0 heterocycles. The molecule has 0 aliphatic carbocycles. The van der Waals surface area contributed by atoms with Crippen LogP contribution >= 0.6 is 15.6 Å². The maximum atomic E-state index is 12.7. The number of ether oxygens (including phenoxy) is 4. The third-order valence-corrected chi connectivity index (χ3v) is 11.8. The van der Waals surface area contributed by atoms with Gasteiger partial charge in [0.05, 0.1) is 26.4 Å². The van der Waals surface area contributed by atoms with E-state index in [0.717, 1.165) is 116 Å². The van der Waals surface area contributed by atoms with Crippen molar-refractivity contribution < 1.29 is 80.2 Å². The first kappa shape index (κ1) is 61.1. The lowest BCUT2D eigenvalue weighted by atomic mass is 10.1. The zero-order chi connectivity index (χ0) is 47.0. The Balaban J connectivity index is 5.09. The number of aliphatic hydroxyl groups is 1. The van der Waals surface area contributed by atoms with Crippen molar-refractivity contribution in [3.05, 3.63) is 0 Å². The van der Waals surface area contributed by atoms with Crippen molar-refractivity contribution in [2.45, 2.75) is 219 Å². The van der Waals surface area contributed by atoms with E-state index in [2.05, 4.69) is 20.8 Å². The predicted molar refractivity (Wildman–Crippen MR) is 238 cm³/mol. The molecule has 2 unspecified atom stereocenters. The second-order valence-electron chi connectivity index (χ2n) is 16.1. The molecule has 372 valence electrons. The maximum Gasteiger partial charge on any atom is 0.472 e. The van der Waals surface area contributed by atoms with Crippen LogP contribution in [0.1, 0.15) is 201 Å². The highest BCUT2D eigenvalue weighted by Gasteiger charge is 2.30. The van der Waals surface area contributed by atoms with Crippen LogP contribution < -0.4 is 0 Å². The van der Waals surface area contributed by atoms with Crippen LogP contribution in [-0.4, -0.2) is 96.7 Å². The van der Waals surface area contributed by atoms with Crippen molar-refractivity contribution in [1.29, 1.82) is 0 Å². The Morgan fingerprint density at radius 3 is 0.984 bits per heavy atom. The summed E-state index contributed by atoms with van der Waals surface area (Å²) in [5.74, 6) is -2.21. The molecule has 0 aromatic rings. The quantitative estimate of drug-likeness (QED) is 0.0223. The fourth-order valence-electron chi connectivity index (χ4n) is 6.08. The van der Waals surface area contributed by atoms with Gasteiger partial charge in [-0.3, -0.25) is 37.3 Å². The van der Waals surface area contributed by atoms with Gasteiger partial charge < -0.3 is 33.8 Å². The van der Waals surface area contributed by atoms with Crippen LogP contribution in [0.3, 0.4) is 0 Å². The summed E-state index contributed by atoms with van der Waals surface area (Å²) in [4.78, 5) is 70.2. The van der Waals surface area contributed by atoms with Crippen molar-refractivity contribution in [3.63, 3.8) is 0 Å². The molecule has 17 nitrogen and oxygen atoms in total. The van der Waals surface area contributed by atoms with Crippen LogP contribution in [0.2, 0.25) is 0 Å². The number of aliphatic hydroxyl groups excluding tert-OH is 1. The van der Waals surface area contributed by atoms with Gasteiger partial charge in [0.1, 0.15) is 19.3 Å². The van der Waals surface area contributed by atoms with Crippen LogP contribution in [0, 0.1) is 0 Å². The summed E-state index contributed by atoms with van der Waals surface area (Å²) >= 11 is 0. The molecule has 0 saturated carbocycles. The summed E-state index contributed by atoms with van der Waals surface area (Å²) in [6.07, 6.45) is 18.6.